The average molecular weight is 445 g/mol. The highest BCUT2D eigenvalue weighted by Crippen LogP contribution is 2.28. The van der Waals surface area contributed by atoms with Crippen molar-refractivity contribution in [3.05, 3.63) is 60.2 Å². The molecule has 0 saturated carbocycles. The summed E-state index contributed by atoms with van der Waals surface area (Å²) in [6.07, 6.45) is -0.0173. The Bertz CT molecular complexity index is 1050. The minimum Gasteiger partial charge on any atom is -0.372 e. The Hall–Kier alpha value is -2.78. The maximum absolute atomic E-state index is 13.5. The molecule has 162 valence electrons. The first-order valence-electron chi connectivity index (χ1n) is 9.94. The van der Waals surface area contributed by atoms with E-state index in [0.29, 0.717) is 35.3 Å². The topological polar surface area (TPSA) is 60.2 Å². The Morgan fingerprint density at radius 1 is 1.00 bits per heavy atom. The van der Waals surface area contributed by atoms with Gasteiger partial charge in [-0.2, -0.15) is 0 Å². The number of ether oxygens (including phenoxy) is 1. The number of benzene rings is 2. The third kappa shape index (κ3) is 4.94. The van der Waals surface area contributed by atoms with Crippen LogP contribution in [0, 0.1) is 11.6 Å². The van der Waals surface area contributed by atoms with Crippen molar-refractivity contribution in [2.75, 3.05) is 18.8 Å². The minimum atomic E-state index is -0.361. The molecule has 0 aliphatic carbocycles. The van der Waals surface area contributed by atoms with Gasteiger partial charge in [-0.15, -0.1) is 10.2 Å². The maximum Gasteiger partial charge on any atom is 0.233 e. The number of carbonyl (C=O) groups excluding carboxylic acids is 1. The molecule has 1 saturated heterocycles. The second-order valence-corrected chi connectivity index (χ2v) is 8.41. The second kappa shape index (κ2) is 9.15. The fourth-order valence-electron chi connectivity index (χ4n) is 3.57. The summed E-state index contributed by atoms with van der Waals surface area (Å²) in [4.78, 5) is 14.6. The van der Waals surface area contributed by atoms with Crippen molar-refractivity contribution in [2.45, 2.75) is 31.2 Å². The van der Waals surface area contributed by atoms with Crippen LogP contribution in [0.2, 0.25) is 0 Å². The SMILES string of the molecule is C[C@@H]1CN(C(=O)CSc2nnc(-c3ccc(F)cc3)n2-c2ccc(F)cc2)C[C@@H](C)O1. The van der Waals surface area contributed by atoms with Gasteiger partial charge in [-0.05, 0) is 62.4 Å². The predicted molar refractivity (Wildman–Crippen MR) is 114 cm³/mol. The lowest BCUT2D eigenvalue weighted by Gasteiger charge is -2.35. The van der Waals surface area contributed by atoms with Gasteiger partial charge < -0.3 is 9.64 Å². The Balaban J connectivity index is 1.60. The smallest absolute Gasteiger partial charge is 0.233 e. The molecule has 1 amide bonds. The zero-order valence-corrected chi connectivity index (χ0v) is 18.0. The molecule has 6 nitrogen and oxygen atoms in total. The molecule has 3 aromatic rings. The fourth-order valence-corrected chi connectivity index (χ4v) is 4.43. The number of hydrogen-bond donors (Lipinski definition) is 0. The summed E-state index contributed by atoms with van der Waals surface area (Å²) in [5, 5.41) is 9.01. The van der Waals surface area contributed by atoms with Crippen LogP contribution in [0.1, 0.15) is 13.8 Å². The van der Waals surface area contributed by atoms with E-state index in [0.717, 1.165) is 0 Å². The van der Waals surface area contributed by atoms with Gasteiger partial charge in [-0.1, -0.05) is 11.8 Å². The molecule has 1 aliphatic heterocycles. The van der Waals surface area contributed by atoms with Gasteiger partial charge >= 0.3 is 0 Å². The van der Waals surface area contributed by atoms with E-state index in [-0.39, 0.29) is 35.5 Å². The maximum atomic E-state index is 13.5. The Labute approximate surface area is 183 Å². The van der Waals surface area contributed by atoms with Crippen molar-refractivity contribution in [1.29, 1.82) is 0 Å². The first-order valence-corrected chi connectivity index (χ1v) is 10.9. The van der Waals surface area contributed by atoms with Crippen LogP contribution in [-0.4, -0.2) is 56.6 Å². The van der Waals surface area contributed by atoms with Crippen molar-refractivity contribution < 1.29 is 18.3 Å². The Kier molecular flexibility index (Phi) is 6.33. The van der Waals surface area contributed by atoms with Crippen LogP contribution in [0.15, 0.2) is 53.7 Å². The van der Waals surface area contributed by atoms with E-state index in [1.54, 1.807) is 33.7 Å². The lowest BCUT2D eigenvalue weighted by Crippen LogP contribution is -2.48. The molecule has 2 aromatic carbocycles. The van der Waals surface area contributed by atoms with Gasteiger partial charge in [0.05, 0.1) is 18.0 Å². The van der Waals surface area contributed by atoms with E-state index < -0.39 is 0 Å². The largest absolute Gasteiger partial charge is 0.372 e. The number of thioether (sulfide) groups is 1. The lowest BCUT2D eigenvalue weighted by molar-refractivity contribution is -0.140. The Morgan fingerprint density at radius 2 is 1.58 bits per heavy atom. The molecule has 0 N–H and O–H groups in total. The summed E-state index contributed by atoms with van der Waals surface area (Å²) < 4.78 is 34.3. The van der Waals surface area contributed by atoms with Gasteiger partial charge in [0, 0.05) is 24.3 Å². The second-order valence-electron chi connectivity index (χ2n) is 7.47. The van der Waals surface area contributed by atoms with Crippen molar-refractivity contribution in [1.82, 2.24) is 19.7 Å². The van der Waals surface area contributed by atoms with Crippen molar-refractivity contribution in [2.24, 2.45) is 0 Å². The van der Waals surface area contributed by atoms with Gasteiger partial charge in [0.25, 0.3) is 0 Å². The molecule has 2 atom stereocenters. The normalized spacial score (nSPS) is 18.9. The molecule has 1 aromatic heterocycles. The predicted octanol–water partition coefficient (Wildman–Crippen LogP) is 3.94. The number of nitrogens with zero attached hydrogens (tertiary/aromatic N) is 4. The molecule has 0 radical (unpaired) electrons. The molecular weight excluding hydrogens is 422 g/mol. The molecule has 9 heteroatoms. The number of carbonyl (C=O) groups is 1. The van der Waals surface area contributed by atoms with Gasteiger partial charge in [0.15, 0.2) is 11.0 Å². The van der Waals surface area contributed by atoms with Crippen LogP contribution in [0.4, 0.5) is 8.78 Å². The molecule has 31 heavy (non-hydrogen) atoms. The average Bonchev–Trinajstić information content (AvgIpc) is 3.16. The zero-order valence-electron chi connectivity index (χ0n) is 17.2. The molecule has 4 rings (SSSR count). The number of hydrogen-bond acceptors (Lipinski definition) is 5. The summed E-state index contributed by atoms with van der Waals surface area (Å²) in [5.41, 5.74) is 1.31. The monoisotopic (exact) mass is 444 g/mol. The molecular formula is C22H22F2N4O2S. The molecule has 0 bridgehead atoms. The number of halogens is 2. The summed E-state index contributed by atoms with van der Waals surface area (Å²) in [6.45, 7) is 5.00. The summed E-state index contributed by atoms with van der Waals surface area (Å²) >= 11 is 1.26. The van der Waals surface area contributed by atoms with E-state index in [4.69, 9.17) is 4.74 Å². The zero-order chi connectivity index (χ0) is 22.0. The van der Waals surface area contributed by atoms with Crippen LogP contribution in [0.5, 0.6) is 0 Å². The number of morpholine rings is 1. The highest BCUT2D eigenvalue weighted by Gasteiger charge is 2.26. The van der Waals surface area contributed by atoms with E-state index in [2.05, 4.69) is 10.2 Å². The van der Waals surface area contributed by atoms with Gasteiger partial charge in [0.2, 0.25) is 5.91 Å². The summed E-state index contributed by atoms with van der Waals surface area (Å²) in [6, 6.07) is 11.8. The first-order chi connectivity index (χ1) is 14.9. The third-order valence-corrected chi connectivity index (χ3v) is 5.83. The molecule has 0 spiro atoms. The molecule has 2 heterocycles. The molecule has 0 unspecified atom stereocenters. The standard InChI is InChI=1S/C22H22F2N4O2S/c1-14-11-27(12-15(2)30-14)20(29)13-31-22-26-25-21(16-3-5-17(23)6-4-16)28(22)19-9-7-18(24)8-10-19/h3-10,14-15H,11-13H2,1-2H3/t14-,15-/m1/s1. The fraction of sp³-hybridized carbons (Fsp3) is 0.318. The van der Waals surface area contributed by atoms with Crippen LogP contribution in [-0.2, 0) is 9.53 Å². The summed E-state index contributed by atoms with van der Waals surface area (Å²) in [5.74, 6) is -0.0626. The summed E-state index contributed by atoms with van der Waals surface area (Å²) in [7, 11) is 0. The minimum absolute atomic E-state index is 0.00866. The molecule has 1 aliphatic rings. The van der Waals surface area contributed by atoms with E-state index in [1.807, 2.05) is 13.8 Å². The number of aromatic nitrogens is 3. The molecule has 1 fully saturated rings. The first kappa shape index (κ1) is 21.5. The quantitative estimate of drug-likeness (QED) is 0.558. The van der Waals surface area contributed by atoms with Crippen LogP contribution in [0.3, 0.4) is 0 Å². The van der Waals surface area contributed by atoms with Gasteiger partial charge in [-0.25, -0.2) is 8.78 Å². The Morgan fingerprint density at radius 3 is 2.19 bits per heavy atom. The number of rotatable bonds is 5. The highest BCUT2D eigenvalue weighted by atomic mass is 32.2. The number of amides is 1. The van der Waals surface area contributed by atoms with Crippen molar-refractivity contribution in [3.63, 3.8) is 0 Å². The van der Waals surface area contributed by atoms with Crippen LogP contribution in [0.25, 0.3) is 17.1 Å². The van der Waals surface area contributed by atoms with Gasteiger partial charge in [-0.3, -0.25) is 9.36 Å². The van der Waals surface area contributed by atoms with E-state index in [9.17, 15) is 13.6 Å². The van der Waals surface area contributed by atoms with Crippen LogP contribution < -0.4 is 0 Å². The van der Waals surface area contributed by atoms with Crippen molar-refractivity contribution >= 4 is 17.7 Å². The van der Waals surface area contributed by atoms with E-state index >= 15 is 0 Å². The lowest BCUT2D eigenvalue weighted by atomic mass is 10.2. The van der Waals surface area contributed by atoms with Crippen molar-refractivity contribution in [3.8, 4) is 17.1 Å². The van der Waals surface area contributed by atoms with E-state index in [1.165, 1.54) is 36.0 Å². The van der Waals surface area contributed by atoms with Crippen LogP contribution >= 0.6 is 11.8 Å². The third-order valence-electron chi connectivity index (χ3n) is 4.92. The van der Waals surface area contributed by atoms with Gasteiger partial charge in [0.1, 0.15) is 11.6 Å². The highest BCUT2D eigenvalue weighted by molar-refractivity contribution is 7.99.